The Kier molecular flexibility index (Phi) is 8.74. The van der Waals surface area contributed by atoms with Crippen LogP contribution in [0.15, 0.2) is 66.7 Å². The third-order valence-corrected chi connectivity index (χ3v) is 5.42. The van der Waals surface area contributed by atoms with E-state index in [1.807, 2.05) is 0 Å². The molecule has 0 saturated heterocycles. The van der Waals surface area contributed by atoms with Crippen LogP contribution in [0.1, 0.15) is 31.1 Å². The van der Waals surface area contributed by atoms with Crippen molar-refractivity contribution in [3.05, 3.63) is 83.4 Å². The number of nitrogens with one attached hydrogen (secondary N) is 5. The van der Waals surface area contributed by atoms with Gasteiger partial charge in [0.1, 0.15) is 0 Å². The largest absolute Gasteiger partial charge is 0.455 e. The van der Waals surface area contributed by atoms with Crippen LogP contribution in [0.5, 0.6) is 0 Å². The molecule has 13 heteroatoms. The molecule has 0 bridgehead atoms. The van der Waals surface area contributed by atoms with E-state index in [9.17, 15) is 36.3 Å². The van der Waals surface area contributed by atoms with Gasteiger partial charge in [0, 0.05) is 53.5 Å². The van der Waals surface area contributed by atoms with Crippen LogP contribution in [0, 0.1) is 0 Å². The minimum atomic E-state index is -5.88. The molecule has 8 nitrogen and oxygen atoms in total. The maximum atomic E-state index is 13.4. The smallest absolute Gasteiger partial charge is 0.388 e. The molecule has 0 unspecified atom stereocenters. The molecule has 0 heterocycles. The number of hydrogen-bond acceptors (Lipinski definition) is 5. The molecule has 0 spiro atoms. The molecule has 0 aliphatic heterocycles. The van der Waals surface area contributed by atoms with Gasteiger partial charge in [-0.2, -0.15) is 22.0 Å². The Morgan fingerprint density at radius 3 is 1.38 bits per heavy atom. The van der Waals surface area contributed by atoms with E-state index in [-0.39, 0.29) is 11.1 Å². The summed E-state index contributed by atoms with van der Waals surface area (Å²) in [5.41, 5.74) is 1.18. The first-order chi connectivity index (χ1) is 18.3. The molecule has 3 rings (SSSR count). The van der Waals surface area contributed by atoms with Gasteiger partial charge in [-0.15, -0.1) is 0 Å². The molecule has 0 atom stereocenters. The van der Waals surface area contributed by atoms with E-state index >= 15 is 0 Å². The topological polar surface area (TPSA) is 111 Å². The zero-order valence-electron chi connectivity index (χ0n) is 20.7. The Morgan fingerprint density at radius 2 is 1.00 bits per heavy atom. The van der Waals surface area contributed by atoms with Crippen molar-refractivity contribution in [3.63, 3.8) is 0 Å². The first-order valence-electron chi connectivity index (χ1n) is 11.4. The summed E-state index contributed by atoms with van der Waals surface area (Å²) in [5, 5.41) is 12.5. The summed E-state index contributed by atoms with van der Waals surface area (Å²) in [5.74, 6) is -8.04. The van der Waals surface area contributed by atoms with Crippen LogP contribution < -0.4 is 26.6 Å². The number of amides is 3. The standard InChI is InChI=1S/C26H24F5N5O3/c1-32-18-5-3-7-20(12-18)35-23(38)16-9-15(22(37)34-14-25(27,28)26(29,30)31)10-17(11-16)24(39)36-21-8-4-6-19(13-21)33-2/h3-13,32-33H,14H2,1-2H3,(H,34,37)(H,35,38)(H,36,39). The highest BCUT2D eigenvalue weighted by Crippen LogP contribution is 2.34. The van der Waals surface area contributed by atoms with Gasteiger partial charge < -0.3 is 26.6 Å². The second-order valence-corrected chi connectivity index (χ2v) is 8.25. The van der Waals surface area contributed by atoms with Crippen molar-refractivity contribution < 1.29 is 36.3 Å². The van der Waals surface area contributed by atoms with E-state index in [1.165, 1.54) is 5.32 Å². The summed E-state index contributed by atoms with van der Waals surface area (Å²) < 4.78 is 64.3. The van der Waals surface area contributed by atoms with Gasteiger partial charge >= 0.3 is 12.1 Å². The monoisotopic (exact) mass is 549 g/mol. The summed E-state index contributed by atoms with van der Waals surface area (Å²) >= 11 is 0. The van der Waals surface area contributed by atoms with Gasteiger partial charge in [-0.05, 0) is 54.6 Å². The van der Waals surface area contributed by atoms with Crippen molar-refractivity contribution in [2.24, 2.45) is 0 Å². The molecular formula is C26H24F5N5O3. The van der Waals surface area contributed by atoms with Gasteiger partial charge in [0.05, 0.1) is 6.54 Å². The predicted octanol–water partition coefficient (Wildman–Crippen LogP) is 5.20. The number of rotatable bonds is 9. The number of alkyl halides is 5. The minimum absolute atomic E-state index is 0.214. The summed E-state index contributed by atoms with van der Waals surface area (Å²) in [6, 6.07) is 16.3. The zero-order valence-corrected chi connectivity index (χ0v) is 20.7. The molecule has 3 aromatic carbocycles. The van der Waals surface area contributed by atoms with Crippen LogP contribution in [0.4, 0.5) is 44.7 Å². The van der Waals surface area contributed by atoms with Crippen molar-refractivity contribution in [1.82, 2.24) is 5.32 Å². The fourth-order valence-electron chi connectivity index (χ4n) is 3.33. The summed E-state index contributed by atoms with van der Waals surface area (Å²) in [7, 11) is 3.34. The average molecular weight is 550 g/mol. The highest BCUT2D eigenvalue weighted by Gasteiger charge is 2.57. The summed E-state index contributed by atoms with van der Waals surface area (Å²) in [6.45, 7) is -2.03. The SMILES string of the molecule is CNc1cccc(NC(=O)c2cc(C(=O)NCC(F)(F)C(F)(F)F)cc(C(=O)Nc3cccc(NC)c3)c2)c1. The third kappa shape index (κ3) is 7.43. The molecule has 0 radical (unpaired) electrons. The van der Waals surface area contributed by atoms with E-state index in [1.54, 1.807) is 62.6 Å². The number of carbonyl (C=O) groups is 3. The Balaban J connectivity index is 1.93. The average Bonchev–Trinajstić information content (AvgIpc) is 2.91. The van der Waals surface area contributed by atoms with Crippen LogP contribution in [-0.2, 0) is 0 Å². The van der Waals surface area contributed by atoms with Gasteiger partial charge in [0.15, 0.2) is 0 Å². The van der Waals surface area contributed by atoms with Crippen molar-refractivity contribution in [2.75, 3.05) is 41.9 Å². The number of benzene rings is 3. The van der Waals surface area contributed by atoms with Crippen LogP contribution >= 0.6 is 0 Å². The van der Waals surface area contributed by atoms with Crippen LogP contribution in [0.3, 0.4) is 0 Å². The zero-order chi connectivity index (χ0) is 28.8. The molecule has 0 fully saturated rings. The molecule has 5 N–H and O–H groups in total. The van der Waals surface area contributed by atoms with Gasteiger partial charge in [0.2, 0.25) is 0 Å². The van der Waals surface area contributed by atoms with Crippen molar-refractivity contribution in [2.45, 2.75) is 12.1 Å². The molecule has 206 valence electrons. The second kappa shape index (κ2) is 11.8. The molecule has 0 saturated carbocycles. The summed E-state index contributed by atoms with van der Waals surface area (Å²) in [6.07, 6.45) is -5.88. The fourth-order valence-corrected chi connectivity index (χ4v) is 3.33. The molecule has 3 amide bonds. The van der Waals surface area contributed by atoms with Gasteiger partial charge in [-0.1, -0.05) is 12.1 Å². The molecule has 0 aromatic heterocycles. The number of hydrogen-bond donors (Lipinski definition) is 5. The van der Waals surface area contributed by atoms with Gasteiger partial charge in [0.25, 0.3) is 17.7 Å². The number of anilines is 4. The first-order valence-corrected chi connectivity index (χ1v) is 11.4. The highest BCUT2D eigenvalue weighted by atomic mass is 19.4. The molecule has 0 aliphatic carbocycles. The van der Waals surface area contributed by atoms with Crippen LogP contribution in [0.2, 0.25) is 0 Å². The molecule has 3 aromatic rings. The summed E-state index contributed by atoms with van der Waals surface area (Å²) in [4.78, 5) is 38.5. The Labute approximate surface area is 220 Å². The van der Waals surface area contributed by atoms with Crippen LogP contribution in [-0.4, -0.2) is 50.5 Å². The Bertz CT molecular complexity index is 1300. The van der Waals surface area contributed by atoms with Crippen LogP contribution in [0.25, 0.3) is 0 Å². The highest BCUT2D eigenvalue weighted by molar-refractivity contribution is 6.11. The van der Waals surface area contributed by atoms with Crippen molar-refractivity contribution >= 4 is 40.5 Å². The maximum absolute atomic E-state index is 13.4. The second-order valence-electron chi connectivity index (χ2n) is 8.25. The van der Waals surface area contributed by atoms with E-state index in [4.69, 9.17) is 0 Å². The van der Waals surface area contributed by atoms with Crippen molar-refractivity contribution in [1.29, 1.82) is 0 Å². The normalized spacial score (nSPS) is 11.4. The van der Waals surface area contributed by atoms with E-state index in [0.29, 0.717) is 22.7 Å². The van der Waals surface area contributed by atoms with Crippen molar-refractivity contribution in [3.8, 4) is 0 Å². The Morgan fingerprint density at radius 1 is 0.615 bits per heavy atom. The van der Waals surface area contributed by atoms with Gasteiger partial charge in [-0.3, -0.25) is 14.4 Å². The van der Waals surface area contributed by atoms with Gasteiger partial charge in [-0.25, -0.2) is 0 Å². The van der Waals surface area contributed by atoms with E-state index in [0.717, 1.165) is 18.2 Å². The maximum Gasteiger partial charge on any atom is 0.455 e. The first kappa shape index (κ1) is 28.9. The lowest BCUT2D eigenvalue weighted by Gasteiger charge is -2.20. The lowest BCUT2D eigenvalue weighted by Crippen LogP contribution is -2.46. The Hall–Kier alpha value is -4.68. The molecule has 39 heavy (non-hydrogen) atoms. The fraction of sp³-hybridized carbons (Fsp3) is 0.192. The lowest BCUT2D eigenvalue weighted by molar-refractivity contribution is -0.278. The number of carbonyl (C=O) groups excluding carboxylic acids is 3. The third-order valence-electron chi connectivity index (χ3n) is 5.42. The molecular weight excluding hydrogens is 525 g/mol. The number of halogens is 5. The quantitative estimate of drug-likeness (QED) is 0.236. The van der Waals surface area contributed by atoms with E-state index in [2.05, 4.69) is 21.3 Å². The minimum Gasteiger partial charge on any atom is -0.388 e. The van der Waals surface area contributed by atoms with E-state index < -0.39 is 41.9 Å². The lowest BCUT2D eigenvalue weighted by atomic mass is 10.0. The molecule has 0 aliphatic rings. The predicted molar refractivity (Wildman–Crippen MR) is 138 cm³/mol.